The monoisotopic (exact) mass is 226 g/mol. The number of nitrogens with zero attached hydrogens (tertiary/aromatic N) is 1. The fraction of sp³-hybridized carbons (Fsp3) is 0.923. The molecule has 2 N–H and O–H groups in total. The lowest BCUT2D eigenvalue weighted by Crippen LogP contribution is -2.41. The van der Waals surface area contributed by atoms with Crippen LogP contribution in [0.1, 0.15) is 53.4 Å². The van der Waals surface area contributed by atoms with Crippen molar-refractivity contribution in [2.45, 2.75) is 65.0 Å². The van der Waals surface area contributed by atoms with Gasteiger partial charge >= 0.3 is 0 Å². The van der Waals surface area contributed by atoms with Crippen molar-refractivity contribution >= 4 is 5.84 Å². The first-order valence-corrected chi connectivity index (χ1v) is 6.50. The zero-order valence-electron chi connectivity index (χ0n) is 11.1. The van der Waals surface area contributed by atoms with Gasteiger partial charge in [0.25, 0.3) is 0 Å². The molecule has 94 valence electrons. The summed E-state index contributed by atoms with van der Waals surface area (Å²) in [5.74, 6) is 1.13. The van der Waals surface area contributed by atoms with Crippen LogP contribution in [-0.2, 0) is 4.74 Å². The minimum atomic E-state index is 0.0453. The number of hydrogen-bond donors (Lipinski definition) is 1. The topological polar surface area (TPSA) is 47.6 Å². The van der Waals surface area contributed by atoms with Crippen LogP contribution in [0.3, 0.4) is 0 Å². The Morgan fingerprint density at radius 2 is 2.06 bits per heavy atom. The van der Waals surface area contributed by atoms with Crippen molar-refractivity contribution in [2.75, 3.05) is 6.61 Å². The third kappa shape index (κ3) is 3.21. The molecule has 0 saturated carbocycles. The molecule has 1 fully saturated rings. The highest BCUT2D eigenvalue weighted by atomic mass is 16.5. The number of nitrogens with two attached hydrogens (primary N) is 1. The summed E-state index contributed by atoms with van der Waals surface area (Å²) in [6.07, 6.45) is 4.16. The quantitative estimate of drug-likeness (QED) is 0.592. The van der Waals surface area contributed by atoms with Gasteiger partial charge in [0.2, 0.25) is 0 Å². The molecule has 3 nitrogen and oxygen atoms in total. The van der Waals surface area contributed by atoms with E-state index >= 15 is 0 Å². The van der Waals surface area contributed by atoms with Gasteiger partial charge in [0.1, 0.15) is 0 Å². The molecule has 1 heterocycles. The molecule has 0 aromatic heterocycles. The standard InChI is InChI=1S/C13H26N2O/c1-5-13(6-2)9-11(7-8-16-13)15-12(14)10(3)4/h10-11H,5-9H2,1-4H3,(H2,14,15). The normalized spacial score (nSPS) is 26.1. The molecule has 0 bridgehead atoms. The third-order valence-corrected chi connectivity index (χ3v) is 3.68. The van der Waals surface area contributed by atoms with Gasteiger partial charge < -0.3 is 10.5 Å². The van der Waals surface area contributed by atoms with Crippen LogP contribution in [0.4, 0.5) is 0 Å². The number of aliphatic imine (C=N–C) groups is 1. The lowest BCUT2D eigenvalue weighted by Gasteiger charge is -2.38. The molecule has 0 radical (unpaired) electrons. The molecule has 1 rings (SSSR count). The van der Waals surface area contributed by atoms with E-state index in [1.54, 1.807) is 0 Å². The maximum atomic E-state index is 5.93. The largest absolute Gasteiger partial charge is 0.387 e. The van der Waals surface area contributed by atoms with Crippen molar-refractivity contribution in [3.05, 3.63) is 0 Å². The van der Waals surface area contributed by atoms with Crippen LogP contribution in [0.15, 0.2) is 4.99 Å². The zero-order chi connectivity index (χ0) is 12.2. The highest BCUT2D eigenvalue weighted by Gasteiger charge is 2.34. The number of rotatable bonds is 4. The Morgan fingerprint density at radius 3 is 2.56 bits per heavy atom. The van der Waals surface area contributed by atoms with Crippen LogP contribution < -0.4 is 5.73 Å². The SMILES string of the molecule is CCC1(CC)CC(N=C(N)C(C)C)CCO1. The summed E-state index contributed by atoms with van der Waals surface area (Å²) in [4.78, 5) is 4.64. The minimum Gasteiger partial charge on any atom is -0.387 e. The first-order chi connectivity index (χ1) is 7.53. The van der Waals surface area contributed by atoms with E-state index in [0.717, 1.165) is 38.1 Å². The first-order valence-electron chi connectivity index (χ1n) is 6.50. The lowest BCUT2D eigenvalue weighted by molar-refractivity contribution is -0.0884. The molecular formula is C13H26N2O. The van der Waals surface area contributed by atoms with Crippen molar-refractivity contribution in [3.63, 3.8) is 0 Å². The summed E-state index contributed by atoms with van der Waals surface area (Å²) in [7, 11) is 0. The van der Waals surface area contributed by atoms with Gasteiger partial charge in [-0.2, -0.15) is 0 Å². The molecule has 16 heavy (non-hydrogen) atoms. The fourth-order valence-corrected chi connectivity index (χ4v) is 2.21. The second-order valence-electron chi connectivity index (χ2n) is 5.09. The molecule has 1 aliphatic rings. The maximum absolute atomic E-state index is 5.93. The Kier molecular flexibility index (Phi) is 4.78. The van der Waals surface area contributed by atoms with Gasteiger partial charge in [-0.3, -0.25) is 4.99 Å². The third-order valence-electron chi connectivity index (χ3n) is 3.68. The number of ether oxygens (including phenoxy) is 1. The second-order valence-corrected chi connectivity index (χ2v) is 5.09. The van der Waals surface area contributed by atoms with Crippen molar-refractivity contribution in [2.24, 2.45) is 16.6 Å². The van der Waals surface area contributed by atoms with E-state index in [2.05, 4.69) is 32.7 Å². The Hall–Kier alpha value is -0.570. The van der Waals surface area contributed by atoms with Gasteiger partial charge in [0.15, 0.2) is 0 Å². The summed E-state index contributed by atoms with van der Waals surface area (Å²) >= 11 is 0. The van der Waals surface area contributed by atoms with Crippen LogP contribution >= 0.6 is 0 Å². The highest BCUT2D eigenvalue weighted by molar-refractivity contribution is 5.82. The molecule has 0 aliphatic carbocycles. The van der Waals surface area contributed by atoms with Crippen LogP contribution in [0.25, 0.3) is 0 Å². The van der Waals surface area contributed by atoms with E-state index in [0.29, 0.717) is 12.0 Å². The van der Waals surface area contributed by atoms with E-state index in [-0.39, 0.29) is 5.60 Å². The van der Waals surface area contributed by atoms with Crippen LogP contribution in [0.2, 0.25) is 0 Å². The lowest BCUT2D eigenvalue weighted by atomic mass is 9.86. The van der Waals surface area contributed by atoms with E-state index < -0.39 is 0 Å². The Bertz CT molecular complexity index is 244. The molecule has 1 saturated heterocycles. The molecule has 1 unspecified atom stereocenters. The average molecular weight is 226 g/mol. The van der Waals surface area contributed by atoms with Crippen molar-refractivity contribution in [1.29, 1.82) is 0 Å². The minimum absolute atomic E-state index is 0.0453. The van der Waals surface area contributed by atoms with E-state index in [1.165, 1.54) is 0 Å². The van der Waals surface area contributed by atoms with E-state index in [4.69, 9.17) is 10.5 Å². The average Bonchev–Trinajstić information content (AvgIpc) is 2.29. The second kappa shape index (κ2) is 5.67. The van der Waals surface area contributed by atoms with E-state index in [1.807, 2.05) is 0 Å². The summed E-state index contributed by atoms with van der Waals surface area (Å²) < 4.78 is 5.93. The Balaban J connectivity index is 2.67. The summed E-state index contributed by atoms with van der Waals surface area (Å²) in [5.41, 5.74) is 5.97. The predicted molar refractivity (Wildman–Crippen MR) is 68.7 cm³/mol. The van der Waals surface area contributed by atoms with Crippen molar-refractivity contribution in [1.82, 2.24) is 0 Å². The summed E-state index contributed by atoms with van der Waals surface area (Å²) in [6, 6.07) is 0.357. The molecular weight excluding hydrogens is 200 g/mol. The zero-order valence-corrected chi connectivity index (χ0v) is 11.1. The molecule has 0 aromatic carbocycles. The first kappa shape index (κ1) is 13.5. The van der Waals surface area contributed by atoms with Gasteiger partial charge in [0, 0.05) is 12.5 Å². The summed E-state index contributed by atoms with van der Waals surface area (Å²) in [5, 5.41) is 0. The Morgan fingerprint density at radius 1 is 1.44 bits per heavy atom. The van der Waals surface area contributed by atoms with Crippen LogP contribution in [-0.4, -0.2) is 24.1 Å². The predicted octanol–water partition coefficient (Wildman–Crippen LogP) is 2.74. The molecule has 1 atom stereocenters. The number of amidine groups is 1. The van der Waals surface area contributed by atoms with Crippen molar-refractivity contribution in [3.8, 4) is 0 Å². The smallest absolute Gasteiger partial charge is 0.0966 e. The Labute approximate surface area is 99.5 Å². The fourth-order valence-electron chi connectivity index (χ4n) is 2.21. The van der Waals surface area contributed by atoms with Gasteiger partial charge in [-0.05, 0) is 25.7 Å². The van der Waals surface area contributed by atoms with E-state index in [9.17, 15) is 0 Å². The number of hydrogen-bond acceptors (Lipinski definition) is 2. The molecule has 0 spiro atoms. The molecule has 0 aromatic rings. The van der Waals surface area contributed by atoms with Gasteiger partial charge in [-0.1, -0.05) is 27.7 Å². The van der Waals surface area contributed by atoms with Gasteiger partial charge in [-0.15, -0.1) is 0 Å². The molecule has 3 heteroatoms. The van der Waals surface area contributed by atoms with Gasteiger partial charge in [0.05, 0.1) is 17.5 Å². The van der Waals surface area contributed by atoms with Gasteiger partial charge in [-0.25, -0.2) is 0 Å². The maximum Gasteiger partial charge on any atom is 0.0966 e. The van der Waals surface area contributed by atoms with Crippen LogP contribution in [0, 0.1) is 5.92 Å². The van der Waals surface area contributed by atoms with Crippen LogP contribution in [0.5, 0.6) is 0 Å². The van der Waals surface area contributed by atoms with Crippen molar-refractivity contribution < 1.29 is 4.74 Å². The highest BCUT2D eigenvalue weighted by Crippen LogP contribution is 2.32. The molecule has 1 aliphatic heterocycles. The molecule has 0 amide bonds. The summed E-state index contributed by atoms with van der Waals surface area (Å²) in [6.45, 7) is 9.39.